The van der Waals surface area contributed by atoms with E-state index in [1.54, 1.807) is 0 Å². The summed E-state index contributed by atoms with van der Waals surface area (Å²) in [4.78, 5) is 20.2. The molecule has 1 aromatic carbocycles. The van der Waals surface area contributed by atoms with Gasteiger partial charge in [0, 0.05) is 5.57 Å². The van der Waals surface area contributed by atoms with E-state index in [0.29, 0.717) is 0 Å². The van der Waals surface area contributed by atoms with Crippen LogP contribution >= 0.6 is 0 Å². The van der Waals surface area contributed by atoms with Gasteiger partial charge in [-0.3, -0.25) is 4.55 Å². The number of carboxylic acids is 2. The largest absolute Gasteiger partial charge is 0.478 e. The van der Waals surface area contributed by atoms with E-state index in [-0.39, 0.29) is 11.1 Å². The molecule has 0 heterocycles. The molecule has 3 N–H and O–H groups in total. The van der Waals surface area contributed by atoms with Gasteiger partial charge in [-0.15, -0.1) is 0 Å². The number of para-hydroxylation sites is 1. The minimum atomic E-state index is -4.70. The van der Waals surface area contributed by atoms with Crippen LogP contribution in [0.4, 0.5) is 0 Å². The highest BCUT2D eigenvalue weighted by molar-refractivity contribution is 7.81. The predicted octanol–water partition coefficient (Wildman–Crippen LogP) is 1.21. The van der Waals surface area contributed by atoms with E-state index in [1.807, 2.05) is 0 Å². The molecule has 0 bridgehead atoms. The van der Waals surface area contributed by atoms with Crippen molar-refractivity contribution in [3.63, 3.8) is 0 Å². The van der Waals surface area contributed by atoms with Gasteiger partial charge in [0.25, 0.3) is 0 Å². The second-order valence-corrected chi connectivity index (χ2v) is 4.42. The Morgan fingerprint density at radius 1 is 1.20 bits per heavy atom. The summed E-state index contributed by atoms with van der Waals surface area (Å²) in [6.07, 6.45) is 0. The first-order valence-corrected chi connectivity index (χ1v) is 6.29. The van der Waals surface area contributed by atoms with Crippen molar-refractivity contribution < 1.29 is 37.0 Å². The SMILES string of the molecule is C=C(C)C(=O)O.O=C(O)c1ccccc1OS(=O)(=O)O. The van der Waals surface area contributed by atoms with Crippen LogP contribution in [0.1, 0.15) is 17.3 Å². The molecular weight excluding hydrogens is 292 g/mol. The number of carbonyl (C=O) groups is 2. The van der Waals surface area contributed by atoms with Crippen LogP contribution in [0.3, 0.4) is 0 Å². The van der Waals surface area contributed by atoms with Gasteiger partial charge in [0.05, 0.1) is 0 Å². The van der Waals surface area contributed by atoms with Crippen molar-refractivity contribution in [1.82, 2.24) is 0 Å². The highest BCUT2D eigenvalue weighted by Crippen LogP contribution is 2.18. The van der Waals surface area contributed by atoms with E-state index in [1.165, 1.54) is 19.1 Å². The van der Waals surface area contributed by atoms with Gasteiger partial charge in [0.15, 0.2) is 5.75 Å². The topological polar surface area (TPSA) is 138 Å². The molecule has 8 nitrogen and oxygen atoms in total. The fourth-order valence-electron chi connectivity index (χ4n) is 0.829. The predicted molar refractivity (Wildman–Crippen MR) is 68.0 cm³/mol. The Bertz CT molecular complexity index is 605. The first kappa shape index (κ1) is 17.6. The molecule has 1 rings (SSSR count). The summed E-state index contributed by atoms with van der Waals surface area (Å²) in [5.74, 6) is -2.71. The minimum absolute atomic E-state index is 0.176. The van der Waals surface area contributed by atoms with Crippen LogP contribution in [-0.2, 0) is 15.2 Å². The van der Waals surface area contributed by atoms with E-state index in [9.17, 15) is 18.0 Å². The molecule has 0 unspecified atom stereocenters. The molecule has 9 heteroatoms. The van der Waals surface area contributed by atoms with Gasteiger partial charge in [-0.1, -0.05) is 18.7 Å². The summed E-state index contributed by atoms with van der Waals surface area (Å²) in [5, 5.41) is 16.5. The van der Waals surface area contributed by atoms with Crippen LogP contribution in [0.15, 0.2) is 36.4 Å². The average Bonchev–Trinajstić information content (AvgIpc) is 2.27. The Morgan fingerprint density at radius 3 is 2.00 bits per heavy atom. The maximum Gasteiger partial charge on any atom is 0.446 e. The molecule has 0 fully saturated rings. The van der Waals surface area contributed by atoms with Crippen LogP contribution in [-0.4, -0.2) is 35.1 Å². The summed E-state index contributed by atoms with van der Waals surface area (Å²) in [7, 11) is -4.70. The van der Waals surface area contributed by atoms with Crippen LogP contribution in [0.25, 0.3) is 0 Å². The van der Waals surface area contributed by atoms with Gasteiger partial charge < -0.3 is 14.4 Å². The molecule has 0 aliphatic heterocycles. The molecule has 0 aliphatic rings. The smallest absolute Gasteiger partial charge is 0.446 e. The highest BCUT2D eigenvalue weighted by Gasteiger charge is 2.15. The Morgan fingerprint density at radius 2 is 1.65 bits per heavy atom. The lowest BCUT2D eigenvalue weighted by atomic mass is 10.2. The molecule has 0 atom stereocenters. The second kappa shape index (κ2) is 7.26. The number of benzene rings is 1. The number of hydrogen-bond acceptors (Lipinski definition) is 5. The lowest BCUT2D eigenvalue weighted by Crippen LogP contribution is -2.10. The lowest BCUT2D eigenvalue weighted by molar-refractivity contribution is -0.132. The molecule has 0 radical (unpaired) electrons. The number of aliphatic carboxylic acids is 1. The summed E-state index contributed by atoms with van der Waals surface area (Å²) in [6.45, 7) is 4.60. The zero-order valence-corrected chi connectivity index (χ0v) is 11.1. The fraction of sp³-hybridized carbons (Fsp3) is 0.0909. The third-order valence-electron chi connectivity index (χ3n) is 1.68. The van der Waals surface area contributed by atoms with E-state index in [4.69, 9.17) is 14.8 Å². The van der Waals surface area contributed by atoms with Crippen LogP contribution in [0, 0.1) is 0 Å². The monoisotopic (exact) mass is 304 g/mol. The highest BCUT2D eigenvalue weighted by atomic mass is 32.3. The van der Waals surface area contributed by atoms with Crippen molar-refractivity contribution in [3.05, 3.63) is 42.0 Å². The van der Waals surface area contributed by atoms with Crippen molar-refractivity contribution in [2.75, 3.05) is 0 Å². The number of hydrogen-bond donors (Lipinski definition) is 3. The number of carboxylic acid groups (broad SMARTS) is 2. The Balaban J connectivity index is 0.000000511. The van der Waals surface area contributed by atoms with Crippen LogP contribution < -0.4 is 4.18 Å². The Labute approximate surface area is 114 Å². The third-order valence-corrected chi connectivity index (χ3v) is 2.07. The zero-order valence-electron chi connectivity index (χ0n) is 10.3. The van der Waals surface area contributed by atoms with Crippen LogP contribution in [0.2, 0.25) is 0 Å². The van der Waals surface area contributed by atoms with E-state index >= 15 is 0 Å². The molecule has 0 amide bonds. The third kappa shape index (κ3) is 7.13. The number of rotatable bonds is 4. The summed E-state index contributed by atoms with van der Waals surface area (Å²) in [6, 6.07) is 5.06. The Hall–Kier alpha value is -2.39. The standard InChI is InChI=1S/C7H6O6S.C4H6O2/c8-7(9)5-3-1-2-4-6(5)13-14(10,11)12;1-3(2)4(5)6/h1-4H,(H,8,9)(H,10,11,12);1H2,2H3,(H,5,6). The van der Waals surface area contributed by atoms with Gasteiger partial charge in [-0.25, -0.2) is 9.59 Å². The van der Waals surface area contributed by atoms with E-state index in [2.05, 4.69) is 10.8 Å². The molecule has 0 saturated carbocycles. The van der Waals surface area contributed by atoms with Gasteiger partial charge in [-0.05, 0) is 19.1 Å². The van der Waals surface area contributed by atoms with Crippen molar-refractivity contribution in [1.29, 1.82) is 0 Å². The quantitative estimate of drug-likeness (QED) is 0.557. The second-order valence-electron chi connectivity index (χ2n) is 3.40. The molecule has 20 heavy (non-hydrogen) atoms. The summed E-state index contributed by atoms with van der Waals surface area (Å²) in [5.41, 5.74) is -0.167. The molecule has 110 valence electrons. The van der Waals surface area contributed by atoms with E-state index < -0.39 is 28.1 Å². The zero-order chi connectivity index (χ0) is 15.9. The first-order chi connectivity index (χ1) is 9.04. The van der Waals surface area contributed by atoms with Crippen molar-refractivity contribution in [2.24, 2.45) is 0 Å². The normalized spacial score (nSPS) is 9.90. The Kier molecular flexibility index (Phi) is 6.39. The van der Waals surface area contributed by atoms with Crippen molar-refractivity contribution in [3.8, 4) is 5.75 Å². The van der Waals surface area contributed by atoms with Crippen LogP contribution in [0.5, 0.6) is 5.75 Å². The summed E-state index contributed by atoms with van der Waals surface area (Å²) < 4.78 is 33.0. The van der Waals surface area contributed by atoms with Crippen molar-refractivity contribution in [2.45, 2.75) is 6.92 Å². The number of aromatic carboxylic acids is 1. The average molecular weight is 304 g/mol. The van der Waals surface area contributed by atoms with Gasteiger partial charge >= 0.3 is 22.3 Å². The minimum Gasteiger partial charge on any atom is -0.478 e. The van der Waals surface area contributed by atoms with E-state index in [0.717, 1.165) is 12.1 Å². The fourth-order valence-corrected chi connectivity index (χ4v) is 1.20. The van der Waals surface area contributed by atoms with Gasteiger partial charge in [0.2, 0.25) is 0 Å². The first-order valence-electron chi connectivity index (χ1n) is 4.92. The van der Waals surface area contributed by atoms with Crippen molar-refractivity contribution >= 4 is 22.3 Å². The van der Waals surface area contributed by atoms with Gasteiger partial charge in [0.1, 0.15) is 5.56 Å². The molecule has 0 saturated heterocycles. The molecule has 0 aromatic heterocycles. The van der Waals surface area contributed by atoms with Gasteiger partial charge in [-0.2, -0.15) is 8.42 Å². The maximum atomic E-state index is 10.6. The molecule has 0 spiro atoms. The molecule has 0 aliphatic carbocycles. The molecule has 1 aromatic rings. The lowest BCUT2D eigenvalue weighted by Gasteiger charge is -2.03. The molecular formula is C11H12O8S. The summed E-state index contributed by atoms with van der Waals surface area (Å²) >= 11 is 0. The maximum absolute atomic E-state index is 10.6.